The maximum Gasteiger partial charge on any atom is 0.123 e. The number of benzene rings is 1. The average Bonchev–Trinajstić information content (AvgIpc) is 3.31. The molecule has 0 amide bonds. The molecule has 1 atom stereocenters. The minimum absolute atomic E-state index is 0.223. The second kappa shape index (κ2) is 6.88. The molecular weight excluding hydrogens is 349 g/mol. The van der Waals surface area contributed by atoms with Crippen LogP contribution in [-0.2, 0) is 0 Å². The van der Waals surface area contributed by atoms with Crippen molar-refractivity contribution >= 4 is 5.57 Å². The maximum atomic E-state index is 13.4. The van der Waals surface area contributed by atoms with Crippen molar-refractivity contribution in [3.8, 4) is 22.4 Å². The van der Waals surface area contributed by atoms with E-state index in [2.05, 4.69) is 40.1 Å². The van der Waals surface area contributed by atoms with Crippen LogP contribution in [0, 0.1) is 5.82 Å². The number of halogens is 1. The minimum Gasteiger partial charge on any atom is -0.360 e. The fraction of sp³-hybridized carbons (Fsp3) is 0.208. The third kappa shape index (κ3) is 3.00. The number of rotatable bonds is 3. The van der Waals surface area contributed by atoms with Crippen LogP contribution in [0.15, 0.2) is 72.7 Å². The molecule has 0 saturated carbocycles. The molecule has 3 aromatic rings. The van der Waals surface area contributed by atoms with E-state index in [0.717, 1.165) is 41.9 Å². The van der Waals surface area contributed by atoms with Crippen molar-refractivity contribution in [2.45, 2.75) is 19.4 Å². The zero-order chi connectivity index (χ0) is 19.1. The molecule has 0 saturated heterocycles. The van der Waals surface area contributed by atoms with Gasteiger partial charge in [-0.1, -0.05) is 17.7 Å². The molecule has 0 aliphatic carbocycles. The summed E-state index contributed by atoms with van der Waals surface area (Å²) in [5, 5.41) is 0. The summed E-state index contributed by atoms with van der Waals surface area (Å²) in [6.45, 7) is 4.25. The number of fused-ring (bicyclic) bond motifs is 1. The lowest BCUT2D eigenvalue weighted by Crippen LogP contribution is -2.33. The molecule has 5 rings (SSSR count). The zero-order valence-electron chi connectivity index (χ0n) is 15.8. The van der Waals surface area contributed by atoms with E-state index < -0.39 is 0 Å². The van der Waals surface area contributed by atoms with Gasteiger partial charge in [0.05, 0.1) is 5.69 Å². The SMILES string of the molecule is CC1=C[C@H]2CC(c3c[nH]c(-c4ccc(F)cc4)c3-c3ccncc3)=CCN2C1. The van der Waals surface area contributed by atoms with Crippen LogP contribution in [0.5, 0.6) is 0 Å². The van der Waals surface area contributed by atoms with Gasteiger partial charge in [-0.25, -0.2) is 4.39 Å². The molecule has 0 bridgehead atoms. The summed E-state index contributed by atoms with van der Waals surface area (Å²) in [4.78, 5) is 10.1. The molecule has 2 aliphatic rings. The molecule has 0 spiro atoms. The van der Waals surface area contributed by atoms with Crippen LogP contribution in [0.3, 0.4) is 0 Å². The van der Waals surface area contributed by atoms with Crippen LogP contribution >= 0.6 is 0 Å². The minimum atomic E-state index is -0.223. The van der Waals surface area contributed by atoms with Crippen molar-refractivity contribution in [1.82, 2.24) is 14.9 Å². The highest BCUT2D eigenvalue weighted by molar-refractivity contribution is 5.91. The zero-order valence-corrected chi connectivity index (χ0v) is 15.8. The summed E-state index contributed by atoms with van der Waals surface area (Å²) in [5.74, 6) is -0.223. The van der Waals surface area contributed by atoms with Crippen LogP contribution in [0.4, 0.5) is 4.39 Å². The monoisotopic (exact) mass is 371 g/mol. The molecule has 2 aromatic heterocycles. The van der Waals surface area contributed by atoms with Gasteiger partial charge in [-0.3, -0.25) is 9.88 Å². The molecule has 0 fully saturated rings. The fourth-order valence-electron chi connectivity index (χ4n) is 4.41. The Morgan fingerprint density at radius 3 is 2.64 bits per heavy atom. The lowest BCUT2D eigenvalue weighted by Gasteiger charge is -2.29. The summed E-state index contributed by atoms with van der Waals surface area (Å²) < 4.78 is 13.4. The molecule has 4 heteroatoms. The number of aromatic amines is 1. The van der Waals surface area contributed by atoms with Gasteiger partial charge < -0.3 is 4.98 Å². The molecule has 3 nitrogen and oxygen atoms in total. The van der Waals surface area contributed by atoms with Crippen LogP contribution in [-0.4, -0.2) is 34.0 Å². The number of pyridine rings is 1. The van der Waals surface area contributed by atoms with E-state index in [1.165, 1.54) is 28.8 Å². The second-order valence-electron chi connectivity index (χ2n) is 7.64. The predicted molar refractivity (Wildman–Crippen MR) is 111 cm³/mol. The smallest absolute Gasteiger partial charge is 0.123 e. The van der Waals surface area contributed by atoms with Gasteiger partial charge in [0.15, 0.2) is 0 Å². The molecule has 1 N–H and O–H groups in total. The van der Waals surface area contributed by atoms with Crippen molar-refractivity contribution in [2.24, 2.45) is 0 Å². The molecule has 1 aromatic carbocycles. The molecule has 140 valence electrons. The molecule has 4 heterocycles. The Labute approximate surface area is 164 Å². The first-order chi connectivity index (χ1) is 13.7. The van der Waals surface area contributed by atoms with Crippen LogP contribution in [0.25, 0.3) is 28.0 Å². The Morgan fingerprint density at radius 2 is 1.86 bits per heavy atom. The van der Waals surface area contributed by atoms with E-state index in [9.17, 15) is 4.39 Å². The van der Waals surface area contributed by atoms with Crippen LogP contribution in [0.1, 0.15) is 18.9 Å². The number of hydrogen-bond donors (Lipinski definition) is 1. The number of H-pyrrole nitrogens is 1. The standard InChI is InChI=1S/C24H22FN3/c1-16-12-21-13-19(8-11-28(21)15-16)22-14-27-24(18-2-4-20(25)5-3-18)23(22)17-6-9-26-10-7-17/h2-10,12,14,21,27H,11,13,15H2,1H3/t21-/m0/s1. The molecule has 28 heavy (non-hydrogen) atoms. The Kier molecular flexibility index (Phi) is 4.21. The number of hydrogen-bond acceptors (Lipinski definition) is 2. The fourth-order valence-corrected chi connectivity index (χ4v) is 4.41. The van der Waals surface area contributed by atoms with Crippen molar-refractivity contribution in [2.75, 3.05) is 13.1 Å². The third-order valence-corrected chi connectivity index (χ3v) is 5.73. The molecule has 0 radical (unpaired) electrons. The van der Waals surface area contributed by atoms with E-state index in [1.54, 1.807) is 0 Å². The number of aromatic nitrogens is 2. The molecule has 2 aliphatic heterocycles. The van der Waals surface area contributed by atoms with Gasteiger partial charge in [-0.15, -0.1) is 0 Å². The van der Waals surface area contributed by atoms with Gasteiger partial charge in [-0.2, -0.15) is 0 Å². The first-order valence-corrected chi connectivity index (χ1v) is 9.67. The molecule has 0 unspecified atom stereocenters. The average molecular weight is 371 g/mol. The van der Waals surface area contributed by atoms with Gasteiger partial charge >= 0.3 is 0 Å². The number of nitrogens with zero attached hydrogens (tertiary/aromatic N) is 2. The van der Waals surface area contributed by atoms with Crippen LogP contribution in [0.2, 0.25) is 0 Å². The Morgan fingerprint density at radius 1 is 1.07 bits per heavy atom. The lowest BCUT2D eigenvalue weighted by molar-refractivity contribution is 0.292. The largest absolute Gasteiger partial charge is 0.360 e. The highest BCUT2D eigenvalue weighted by Gasteiger charge is 2.28. The third-order valence-electron chi connectivity index (χ3n) is 5.73. The van der Waals surface area contributed by atoms with E-state index in [4.69, 9.17) is 0 Å². The van der Waals surface area contributed by atoms with Gasteiger partial charge in [0.2, 0.25) is 0 Å². The summed E-state index contributed by atoms with van der Waals surface area (Å²) in [6, 6.07) is 11.2. The van der Waals surface area contributed by atoms with Crippen molar-refractivity contribution in [3.63, 3.8) is 0 Å². The normalized spacial score (nSPS) is 19.3. The summed E-state index contributed by atoms with van der Waals surface area (Å²) in [7, 11) is 0. The van der Waals surface area contributed by atoms with E-state index >= 15 is 0 Å². The topological polar surface area (TPSA) is 31.9 Å². The quantitative estimate of drug-likeness (QED) is 0.634. The van der Waals surface area contributed by atoms with E-state index in [0.29, 0.717) is 6.04 Å². The van der Waals surface area contributed by atoms with Gasteiger partial charge in [0, 0.05) is 48.8 Å². The summed E-state index contributed by atoms with van der Waals surface area (Å²) in [5.41, 5.74) is 8.32. The predicted octanol–water partition coefficient (Wildman–Crippen LogP) is 5.30. The first-order valence-electron chi connectivity index (χ1n) is 9.67. The van der Waals surface area contributed by atoms with Gasteiger partial charge in [0.25, 0.3) is 0 Å². The first kappa shape index (κ1) is 17.1. The maximum absolute atomic E-state index is 13.4. The lowest BCUT2D eigenvalue weighted by atomic mass is 9.90. The second-order valence-corrected chi connectivity index (χ2v) is 7.64. The summed E-state index contributed by atoms with van der Waals surface area (Å²) >= 11 is 0. The van der Waals surface area contributed by atoms with Gasteiger partial charge in [0.1, 0.15) is 5.82 Å². The Balaban J connectivity index is 1.62. The van der Waals surface area contributed by atoms with Crippen molar-refractivity contribution in [3.05, 3.63) is 84.1 Å². The Hall–Kier alpha value is -2.98. The summed E-state index contributed by atoms with van der Waals surface area (Å²) in [6.07, 6.45) is 11.5. The molecular formula is C24H22FN3. The van der Waals surface area contributed by atoms with Crippen molar-refractivity contribution < 1.29 is 4.39 Å². The van der Waals surface area contributed by atoms with Crippen LogP contribution < -0.4 is 0 Å². The highest BCUT2D eigenvalue weighted by Crippen LogP contribution is 2.41. The Bertz CT molecular complexity index is 1060. The number of nitrogens with one attached hydrogen (secondary N) is 1. The van der Waals surface area contributed by atoms with E-state index in [-0.39, 0.29) is 5.82 Å². The van der Waals surface area contributed by atoms with Gasteiger partial charge in [-0.05, 0) is 66.4 Å². The highest BCUT2D eigenvalue weighted by atomic mass is 19.1. The van der Waals surface area contributed by atoms with Crippen molar-refractivity contribution in [1.29, 1.82) is 0 Å². The van der Waals surface area contributed by atoms with E-state index in [1.807, 2.05) is 36.7 Å².